The van der Waals surface area contributed by atoms with Crippen molar-refractivity contribution in [3.63, 3.8) is 0 Å². The summed E-state index contributed by atoms with van der Waals surface area (Å²) in [6, 6.07) is 19.6. The molecule has 0 spiro atoms. The Labute approximate surface area is 163 Å². The van der Waals surface area contributed by atoms with Crippen molar-refractivity contribution >= 4 is 22.5 Å². The standard InChI is InChI=1S/C23H23N3O2/c1-17-8-2-3-9-18(17)16-24-22(27)13-7-15-26-20-11-5-4-10-19(20)25-14-6-12-21(25)23(26)28/h2-6,8-12,14H,7,13,15-16H2,1H3,(H,24,27). The van der Waals surface area contributed by atoms with Crippen molar-refractivity contribution in [1.82, 2.24) is 14.3 Å². The third kappa shape index (κ3) is 3.43. The predicted molar refractivity (Wildman–Crippen MR) is 111 cm³/mol. The topological polar surface area (TPSA) is 55.5 Å². The second-order valence-electron chi connectivity index (χ2n) is 7.02. The van der Waals surface area contributed by atoms with E-state index in [4.69, 9.17) is 0 Å². The van der Waals surface area contributed by atoms with Crippen LogP contribution in [0.15, 0.2) is 71.7 Å². The van der Waals surface area contributed by atoms with Crippen LogP contribution in [0.3, 0.4) is 0 Å². The highest BCUT2D eigenvalue weighted by molar-refractivity contribution is 5.79. The molecule has 142 valence electrons. The van der Waals surface area contributed by atoms with Crippen LogP contribution < -0.4 is 10.9 Å². The van der Waals surface area contributed by atoms with Gasteiger partial charge < -0.3 is 14.3 Å². The van der Waals surface area contributed by atoms with Gasteiger partial charge in [0.05, 0.1) is 11.0 Å². The van der Waals surface area contributed by atoms with Gasteiger partial charge in [-0.25, -0.2) is 0 Å². The van der Waals surface area contributed by atoms with Crippen LogP contribution in [-0.2, 0) is 17.9 Å². The molecule has 0 unspecified atom stereocenters. The lowest BCUT2D eigenvalue weighted by Gasteiger charge is -2.13. The fraction of sp³-hybridized carbons (Fsp3) is 0.217. The van der Waals surface area contributed by atoms with Gasteiger partial charge in [0.2, 0.25) is 5.91 Å². The molecule has 2 heterocycles. The second kappa shape index (κ2) is 7.72. The van der Waals surface area contributed by atoms with Gasteiger partial charge >= 0.3 is 0 Å². The quantitative estimate of drug-likeness (QED) is 0.561. The number of carbonyl (C=O) groups excluding carboxylic acids is 1. The molecule has 1 N–H and O–H groups in total. The number of amides is 1. The maximum absolute atomic E-state index is 12.9. The van der Waals surface area contributed by atoms with Gasteiger partial charge in [0.25, 0.3) is 5.56 Å². The van der Waals surface area contributed by atoms with Gasteiger partial charge in [0.1, 0.15) is 5.52 Å². The summed E-state index contributed by atoms with van der Waals surface area (Å²) in [7, 11) is 0. The zero-order valence-electron chi connectivity index (χ0n) is 15.9. The van der Waals surface area contributed by atoms with E-state index < -0.39 is 0 Å². The first kappa shape index (κ1) is 18.0. The Morgan fingerprint density at radius 1 is 0.929 bits per heavy atom. The van der Waals surface area contributed by atoms with Crippen molar-refractivity contribution in [1.29, 1.82) is 0 Å². The molecule has 0 saturated carbocycles. The molecule has 0 aliphatic rings. The van der Waals surface area contributed by atoms with E-state index in [-0.39, 0.29) is 11.5 Å². The number of nitrogens with zero attached hydrogens (tertiary/aromatic N) is 2. The van der Waals surface area contributed by atoms with Gasteiger partial charge in [0, 0.05) is 25.7 Å². The van der Waals surface area contributed by atoms with Crippen molar-refractivity contribution in [2.45, 2.75) is 32.9 Å². The van der Waals surface area contributed by atoms with E-state index in [1.807, 2.05) is 78.2 Å². The highest BCUT2D eigenvalue weighted by atomic mass is 16.1. The average molecular weight is 373 g/mol. The summed E-state index contributed by atoms with van der Waals surface area (Å²) >= 11 is 0. The highest BCUT2D eigenvalue weighted by Crippen LogP contribution is 2.15. The van der Waals surface area contributed by atoms with E-state index in [0.717, 1.165) is 16.6 Å². The maximum atomic E-state index is 12.9. The number of aromatic nitrogens is 2. The number of benzene rings is 2. The summed E-state index contributed by atoms with van der Waals surface area (Å²) in [5.74, 6) is 0.00405. The lowest BCUT2D eigenvalue weighted by Crippen LogP contribution is -2.25. The molecular weight excluding hydrogens is 350 g/mol. The zero-order valence-corrected chi connectivity index (χ0v) is 15.9. The number of fused-ring (bicyclic) bond motifs is 3. The number of rotatable bonds is 6. The van der Waals surface area contributed by atoms with Crippen molar-refractivity contribution in [2.24, 2.45) is 0 Å². The number of nitrogens with one attached hydrogen (secondary N) is 1. The van der Waals surface area contributed by atoms with E-state index in [0.29, 0.717) is 31.4 Å². The van der Waals surface area contributed by atoms with E-state index in [2.05, 4.69) is 5.32 Å². The molecule has 28 heavy (non-hydrogen) atoms. The van der Waals surface area contributed by atoms with Crippen molar-refractivity contribution < 1.29 is 4.79 Å². The van der Waals surface area contributed by atoms with E-state index >= 15 is 0 Å². The molecule has 4 rings (SSSR count). The number of aryl methyl sites for hydroxylation is 2. The smallest absolute Gasteiger partial charge is 0.275 e. The minimum absolute atomic E-state index is 0.00405. The molecule has 0 atom stereocenters. The number of carbonyl (C=O) groups is 1. The number of hydrogen-bond donors (Lipinski definition) is 1. The highest BCUT2D eigenvalue weighted by Gasteiger charge is 2.10. The van der Waals surface area contributed by atoms with Gasteiger partial charge in [-0.05, 0) is 48.7 Å². The Hall–Kier alpha value is -3.34. The second-order valence-corrected chi connectivity index (χ2v) is 7.02. The largest absolute Gasteiger partial charge is 0.352 e. The van der Waals surface area contributed by atoms with Crippen LogP contribution in [0, 0.1) is 6.92 Å². The van der Waals surface area contributed by atoms with Gasteiger partial charge in [-0.2, -0.15) is 0 Å². The Morgan fingerprint density at radius 3 is 2.46 bits per heavy atom. The van der Waals surface area contributed by atoms with Crippen LogP contribution in [0.4, 0.5) is 0 Å². The number of hydrogen-bond acceptors (Lipinski definition) is 2. The molecule has 0 aliphatic heterocycles. The molecule has 5 nitrogen and oxygen atoms in total. The average Bonchev–Trinajstić information content (AvgIpc) is 3.20. The monoisotopic (exact) mass is 373 g/mol. The van der Waals surface area contributed by atoms with Crippen molar-refractivity contribution in [3.8, 4) is 0 Å². The summed E-state index contributed by atoms with van der Waals surface area (Å²) < 4.78 is 3.70. The SMILES string of the molecule is Cc1ccccc1CNC(=O)CCCn1c(=O)c2cccn2c2ccccc21. The molecule has 2 aromatic heterocycles. The van der Waals surface area contributed by atoms with Crippen molar-refractivity contribution in [3.05, 3.63) is 88.3 Å². The molecule has 4 aromatic rings. The van der Waals surface area contributed by atoms with Gasteiger partial charge in [0.15, 0.2) is 0 Å². The molecule has 0 aliphatic carbocycles. The third-order valence-electron chi connectivity index (χ3n) is 5.17. The summed E-state index contributed by atoms with van der Waals surface area (Å²) in [4.78, 5) is 25.1. The van der Waals surface area contributed by atoms with Crippen LogP contribution in [0.25, 0.3) is 16.6 Å². The van der Waals surface area contributed by atoms with Crippen LogP contribution in [0.2, 0.25) is 0 Å². The Balaban J connectivity index is 1.45. The van der Waals surface area contributed by atoms with E-state index in [9.17, 15) is 9.59 Å². The van der Waals surface area contributed by atoms with Crippen LogP contribution >= 0.6 is 0 Å². The molecule has 0 saturated heterocycles. The fourth-order valence-electron chi connectivity index (χ4n) is 3.62. The third-order valence-corrected chi connectivity index (χ3v) is 5.17. The lowest BCUT2D eigenvalue weighted by molar-refractivity contribution is -0.121. The first-order valence-electron chi connectivity index (χ1n) is 9.55. The normalized spacial score (nSPS) is 11.2. The lowest BCUT2D eigenvalue weighted by atomic mass is 10.1. The van der Waals surface area contributed by atoms with Crippen LogP contribution in [-0.4, -0.2) is 14.9 Å². The molecule has 0 bridgehead atoms. The van der Waals surface area contributed by atoms with Gasteiger partial charge in [-0.3, -0.25) is 9.59 Å². The molecule has 2 aromatic carbocycles. The minimum atomic E-state index is -0.0241. The summed E-state index contributed by atoms with van der Waals surface area (Å²) in [6.07, 6.45) is 2.90. The zero-order chi connectivity index (χ0) is 19.5. The predicted octanol–water partition coefficient (Wildman–Crippen LogP) is 3.66. The first-order chi connectivity index (χ1) is 13.6. The Bertz CT molecular complexity index is 1200. The Kier molecular flexibility index (Phi) is 4.98. The Morgan fingerprint density at radius 2 is 1.64 bits per heavy atom. The molecule has 0 fully saturated rings. The van der Waals surface area contributed by atoms with Crippen LogP contribution in [0.5, 0.6) is 0 Å². The minimum Gasteiger partial charge on any atom is -0.352 e. The van der Waals surface area contributed by atoms with E-state index in [1.54, 1.807) is 4.57 Å². The first-order valence-corrected chi connectivity index (χ1v) is 9.55. The summed E-state index contributed by atoms with van der Waals surface area (Å²) in [5, 5.41) is 2.97. The molecule has 1 amide bonds. The van der Waals surface area contributed by atoms with Gasteiger partial charge in [-0.1, -0.05) is 36.4 Å². The van der Waals surface area contributed by atoms with E-state index in [1.165, 1.54) is 5.56 Å². The molecule has 0 radical (unpaired) electrons. The van der Waals surface area contributed by atoms with Crippen molar-refractivity contribution in [2.75, 3.05) is 0 Å². The molecule has 5 heteroatoms. The van der Waals surface area contributed by atoms with Gasteiger partial charge in [-0.15, -0.1) is 0 Å². The molecular formula is C23H23N3O2. The fourth-order valence-corrected chi connectivity index (χ4v) is 3.62. The maximum Gasteiger partial charge on any atom is 0.275 e. The summed E-state index contributed by atoms with van der Waals surface area (Å²) in [6.45, 7) is 3.08. The summed E-state index contributed by atoms with van der Waals surface area (Å²) in [5.41, 5.74) is 4.80. The number of para-hydroxylation sites is 2. The van der Waals surface area contributed by atoms with Crippen LogP contribution in [0.1, 0.15) is 24.0 Å².